The number of hydrogen-bond acceptors (Lipinski definition) is 1. The van der Waals surface area contributed by atoms with Crippen molar-refractivity contribution >= 4 is 5.69 Å². The molecule has 0 N–H and O–H groups in total. The molecule has 1 fully saturated rings. The molecular weight excluding hydrogens is 230 g/mol. The van der Waals surface area contributed by atoms with Crippen LogP contribution in [0.5, 0.6) is 0 Å². The molecule has 1 heteroatoms. The molecule has 2 aromatic rings. The Balaban J connectivity index is 1.71. The molecule has 0 aromatic heterocycles. The molecule has 0 unspecified atom stereocenters. The first kappa shape index (κ1) is 11.1. The molecule has 19 heavy (non-hydrogen) atoms. The van der Waals surface area contributed by atoms with Gasteiger partial charge in [-0.25, -0.2) is 0 Å². The standard InChI is InChI=1S/C18H19N/c1-2-7-14(8-3-1)13-16-15-9-4-5-10-17(15)19-12-6-11-18(16)19/h1-5,7-10,16,18H,6,11-13H2/t16-,18-/m1/s1. The van der Waals surface area contributed by atoms with E-state index in [-0.39, 0.29) is 0 Å². The van der Waals surface area contributed by atoms with Gasteiger partial charge in [0.05, 0.1) is 0 Å². The van der Waals surface area contributed by atoms with Crippen molar-refractivity contribution in [3.05, 3.63) is 65.7 Å². The Morgan fingerprint density at radius 1 is 0.947 bits per heavy atom. The fourth-order valence-electron chi connectivity index (χ4n) is 3.89. The fraction of sp³-hybridized carbons (Fsp3) is 0.333. The molecule has 2 aromatic carbocycles. The molecule has 1 saturated heterocycles. The van der Waals surface area contributed by atoms with Crippen LogP contribution >= 0.6 is 0 Å². The van der Waals surface area contributed by atoms with Crippen molar-refractivity contribution in [3.63, 3.8) is 0 Å². The number of fused-ring (bicyclic) bond motifs is 3. The van der Waals surface area contributed by atoms with Gasteiger partial charge < -0.3 is 4.90 Å². The Hall–Kier alpha value is -1.76. The van der Waals surface area contributed by atoms with Crippen LogP contribution in [0.25, 0.3) is 0 Å². The fourth-order valence-corrected chi connectivity index (χ4v) is 3.89. The highest BCUT2D eigenvalue weighted by Gasteiger charge is 2.40. The van der Waals surface area contributed by atoms with Crippen molar-refractivity contribution in [2.45, 2.75) is 31.2 Å². The molecule has 0 aliphatic carbocycles. The predicted molar refractivity (Wildman–Crippen MR) is 79.7 cm³/mol. The third kappa shape index (κ3) is 1.76. The number of benzene rings is 2. The molecule has 0 spiro atoms. The Morgan fingerprint density at radius 2 is 1.74 bits per heavy atom. The lowest BCUT2D eigenvalue weighted by Crippen LogP contribution is -2.28. The molecule has 2 aliphatic rings. The first-order valence-electron chi connectivity index (χ1n) is 7.33. The summed E-state index contributed by atoms with van der Waals surface area (Å²) in [7, 11) is 0. The largest absolute Gasteiger partial charge is 0.368 e. The maximum Gasteiger partial charge on any atom is 0.0405 e. The van der Waals surface area contributed by atoms with Crippen molar-refractivity contribution in [2.24, 2.45) is 0 Å². The first-order chi connectivity index (χ1) is 9.43. The van der Waals surface area contributed by atoms with Crippen LogP contribution in [0.1, 0.15) is 29.9 Å². The maximum atomic E-state index is 2.64. The van der Waals surface area contributed by atoms with Gasteiger partial charge >= 0.3 is 0 Å². The quantitative estimate of drug-likeness (QED) is 0.777. The van der Waals surface area contributed by atoms with E-state index in [0.717, 1.165) is 6.04 Å². The molecule has 1 nitrogen and oxygen atoms in total. The summed E-state index contributed by atoms with van der Waals surface area (Å²) < 4.78 is 0. The number of rotatable bonds is 2. The smallest absolute Gasteiger partial charge is 0.0405 e. The van der Waals surface area contributed by atoms with E-state index < -0.39 is 0 Å². The molecule has 0 bridgehead atoms. The lowest BCUT2D eigenvalue weighted by Gasteiger charge is -2.22. The summed E-state index contributed by atoms with van der Waals surface area (Å²) in [6, 6.07) is 20.7. The summed E-state index contributed by atoms with van der Waals surface area (Å²) in [5.41, 5.74) is 4.53. The van der Waals surface area contributed by atoms with Gasteiger partial charge in [-0.2, -0.15) is 0 Å². The van der Waals surface area contributed by atoms with E-state index in [4.69, 9.17) is 0 Å². The Labute approximate surface area is 114 Å². The van der Waals surface area contributed by atoms with Gasteiger partial charge in [-0.3, -0.25) is 0 Å². The summed E-state index contributed by atoms with van der Waals surface area (Å²) in [6.45, 7) is 1.24. The van der Waals surface area contributed by atoms with Gasteiger partial charge in [-0.1, -0.05) is 48.5 Å². The Bertz CT molecular complexity index is 575. The average molecular weight is 249 g/mol. The minimum absolute atomic E-state index is 0.682. The van der Waals surface area contributed by atoms with Gasteiger partial charge in [-0.15, -0.1) is 0 Å². The number of nitrogens with zero attached hydrogens (tertiary/aromatic N) is 1. The lowest BCUT2D eigenvalue weighted by atomic mass is 9.87. The van der Waals surface area contributed by atoms with Crippen LogP contribution in [0, 0.1) is 0 Å². The zero-order valence-corrected chi connectivity index (χ0v) is 11.1. The SMILES string of the molecule is c1ccc(C[C@@H]2c3ccccc3N3CCC[C@H]23)cc1. The molecular formula is C18H19N. The molecule has 4 rings (SSSR count). The molecule has 2 atom stereocenters. The Morgan fingerprint density at radius 3 is 2.63 bits per heavy atom. The summed E-state index contributed by atoms with van der Waals surface area (Å²) in [6.07, 6.45) is 3.88. The van der Waals surface area contributed by atoms with E-state index in [0.29, 0.717) is 5.92 Å². The molecule has 2 heterocycles. The van der Waals surface area contributed by atoms with Gasteiger partial charge in [0.1, 0.15) is 0 Å². The molecule has 2 aliphatic heterocycles. The second-order valence-electron chi connectivity index (χ2n) is 5.76. The zero-order chi connectivity index (χ0) is 12.7. The highest BCUT2D eigenvalue weighted by atomic mass is 15.2. The van der Waals surface area contributed by atoms with Crippen LogP contribution in [0.2, 0.25) is 0 Å². The van der Waals surface area contributed by atoms with E-state index in [9.17, 15) is 0 Å². The summed E-state index contributed by atoms with van der Waals surface area (Å²) >= 11 is 0. The highest BCUT2D eigenvalue weighted by Crippen LogP contribution is 2.46. The lowest BCUT2D eigenvalue weighted by molar-refractivity contribution is 0.561. The van der Waals surface area contributed by atoms with Gasteiger partial charge in [0.2, 0.25) is 0 Å². The minimum atomic E-state index is 0.682. The van der Waals surface area contributed by atoms with Crippen molar-refractivity contribution in [1.82, 2.24) is 0 Å². The Kier molecular flexibility index (Phi) is 2.58. The van der Waals surface area contributed by atoms with Crippen LogP contribution in [0.15, 0.2) is 54.6 Å². The summed E-state index contributed by atoms with van der Waals surface area (Å²) in [5, 5.41) is 0. The monoisotopic (exact) mass is 249 g/mol. The second kappa shape index (κ2) is 4.41. The third-order valence-electron chi connectivity index (χ3n) is 4.71. The van der Waals surface area contributed by atoms with Crippen LogP contribution in [0.4, 0.5) is 5.69 Å². The van der Waals surface area contributed by atoms with Gasteiger partial charge in [0, 0.05) is 24.2 Å². The minimum Gasteiger partial charge on any atom is -0.368 e. The van der Waals surface area contributed by atoms with Crippen molar-refractivity contribution < 1.29 is 0 Å². The van der Waals surface area contributed by atoms with Crippen LogP contribution in [-0.4, -0.2) is 12.6 Å². The van der Waals surface area contributed by atoms with Crippen molar-refractivity contribution in [3.8, 4) is 0 Å². The maximum absolute atomic E-state index is 2.64. The van der Waals surface area contributed by atoms with E-state index in [2.05, 4.69) is 59.5 Å². The predicted octanol–water partition coefficient (Wildman–Crippen LogP) is 4.00. The van der Waals surface area contributed by atoms with Crippen LogP contribution in [0.3, 0.4) is 0 Å². The highest BCUT2D eigenvalue weighted by molar-refractivity contribution is 5.63. The average Bonchev–Trinajstić information content (AvgIpc) is 3.04. The topological polar surface area (TPSA) is 3.24 Å². The van der Waals surface area contributed by atoms with Gasteiger partial charge in [0.15, 0.2) is 0 Å². The normalized spacial score (nSPS) is 24.3. The van der Waals surface area contributed by atoms with Crippen molar-refractivity contribution in [2.75, 3.05) is 11.4 Å². The molecule has 0 saturated carbocycles. The number of para-hydroxylation sites is 1. The number of hydrogen-bond donors (Lipinski definition) is 0. The molecule has 0 amide bonds. The summed E-state index contributed by atoms with van der Waals surface area (Å²) in [4.78, 5) is 2.64. The zero-order valence-electron chi connectivity index (χ0n) is 11.1. The summed E-state index contributed by atoms with van der Waals surface area (Å²) in [5.74, 6) is 0.682. The van der Waals surface area contributed by atoms with Gasteiger partial charge in [0.25, 0.3) is 0 Å². The van der Waals surface area contributed by atoms with E-state index >= 15 is 0 Å². The molecule has 96 valence electrons. The van der Waals surface area contributed by atoms with Gasteiger partial charge in [-0.05, 0) is 36.5 Å². The van der Waals surface area contributed by atoms with E-state index in [1.54, 1.807) is 5.56 Å². The van der Waals surface area contributed by atoms with Crippen LogP contribution in [-0.2, 0) is 6.42 Å². The third-order valence-corrected chi connectivity index (χ3v) is 4.71. The second-order valence-corrected chi connectivity index (χ2v) is 5.76. The van der Waals surface area contributed by atoms with Crippen LogP contribution < -0.4 is 4.90 Å². The van der Waals surface area contributed by atoms with Crippen molar-refractivity contribution in [1.29, 1.82) is 0 Å². The molecule has 0 radical (unpaired) electrons. The first-order valence-corrected chi connectivity index (χ1v) is 7.33. The van der Waals surface area contributed by atoms with E-state index in [1.807, 2.05) is 0 Å². The van der Waals surface area contributed by atoms with E-state index in [1.165, 1.54) is 37.1 Å². The number of anilines is 1.